The lowest BCUT2D eigenvalue weighted by molar-refractivity contribution is -0.274. The lowest BCUT2D eigenvalue weighted by Gasteiger charge is -2.13. The predicted octanol–water partition coefficient (Wildman–Crippen LogP) is 5.19. The maximum atomic E-state index is 12.4. The van der Waals surface area contributed by atoms with Gasteiger partial charge in [0.05, 0.1) is 5.56 Å². The first-order valence-electron chi connectivity index (χ1n) is 6.75. The summed E-state index contributed by atoms with van der Waals surface area (Å²) >= 11 is 0. The fourth-order valence-electron chi connectivity index (χ4n) is 2.10. The molecule has 0 N–H and O–H groups in total. The van der Waals surface area contributed by atoms with E-state index in [1.807, 2.05) is 32.0 Å². The van der Waals surface area contributed by atoms with Gasteiger partial charge in [-0.1, -0.05) is 44.2 Å². The Balaban J connectivity index is 2.46. The number of hydrogen-bond donors (Lipinski definition) is 0. The molecule has 0 aliphatic heterocycles. The van der Waals surface area contributed by atoms with Crippen molar-refractivity contribution in [3.05, 3.63) is 53.6 Å². The van der Waals surface area contributed by atoms with Crippen molar-refractivity contribution in [3.8, 4) is 16.9 Å². The van der Waals surface area contributed by atoms with Gasteiger partial charge in [-0.25, -0.2) is 0 Å². The van der Waals surface area contributed by atoms with Gasteiger partial charge in [0.15, 0.2) is 6.29 Å². The third-order valence-electron chi connectivity index (χ3n) is 3.25. The molecule has 5 heteroatoms. The van der Waals surface area contributed by atoms with Crippen molar-refractivity contribution in [1.29, 1.82) is 0 Å². The number of hydrogen-bond acceptors (Lipinski definition) is 2. The van der Waals surface area contributed by atoms with Crippen LogP contribution in [0.25, 0.3) is 11.1 Å². The summed E-state index contributed by atoms with van der Waals surface area (Å²) in [5.41, 5.74) is 2.28. The summed E-state index contributed by atoms with van der Waals surface area (Å²) in [6.45, 7) is 4.07. The first-order chi connectivity index (χ1) is 10.3. The molecule has 0 spiro atoms. The fourth-order valence-corrected chi connectivity index (χ4v) is 2.10. The van der Waals surface area contributed by atoms with Crippen LogP contribution >= 0.6 is 0 Å². The van der Waals surface area contributed by atoms with Crippen LogP contribution in [-0.4, -0.2) is 12.6 Å². The molecule has 0 bridgehead atoms. The molecule has 0 atom stereocenters. The Morgan fingerprint density at radius 2 is 1.73 bits per heavy atom. The second-order valence-corrected chi connectivity index (χ2v) is 5.20. The van der Waals surface area contributed by atoms with Crippen LogP contribution in [0.2, 0.25) is 0 Å². The normalized spacial score (nSPS) is 11.5. The summed E-state index contributed by atoms with van der Waals surface area (Å²) in [7, 11) is 0. The molecule has 0 unspecified atom stereocenters. The molecule has 2 rings (SSSR count). The van der Waals surface area contributed by atoms with Gasteiger partial charge in [-0.3, -0.25) is 4.79 Å². The topological polar surface area (TPSA) is 26.3 Å². The van der Waals surface area contributed by atoms with Crippen LogP contribution in [0.1, 0.15) is 35.7 Å². The molecule has 116 valence electrons. The molecule has 0 aliphatic rings. The molecular weight excluding hydrogens is 293 g/mol. The minimum absolute atomic E-state index is 0.138. The van der Waals surface area contributed by atoms with Gasteiger partial charge < -0.3 is 4.74 Å². The molecule has 22 heavy (non-hydrogen) atoms. The maximum Gasteiger partial charge on any atom is 0.573 e. The first-order valence-corrected chi connectivity index (χ1v) is 6.75. The zero-order valence-corrected chi connectivity index (χ0v) is 12.1. The van der Waals surface area contributed by atoms with Crippen molar-refractivity contribution in [2.45, 2.75) is 26.1 Å². The van der Waals surface area contributed by atoms with Crippen molar-refractivity contribution in [2.75, 3.05) is 0 Å². The second-order valence-electron chi connectivity index (χ2n) is 5.20. The van der Waals surface area contributed by atoms with E-state index in [1.165, 1.54) is 12.1 Å². The van der Waals surface area contributed by atoms with Gasteiger partial charge in [0.2, 0.25) is 0 Å². The van der Waals surface area contributed by atoms with Crippen molar-refractivity contribution in [3.63, 3.8) is 0 Å². The minimum atomic E-state index is -4.84. The van der Waals surface area contributed by atoms with Crippen LogP contribution in [0.5, 0.6) is 5.75 Å². The van der Waals surface area contributed by atoms with Gasteiger partial charge in [-0.2, -0.15) is 0 Å². The lowest BCUT2D eigenvalue weighted by Crippen LogP contribution is -2.18. The third-order valence-corrected chi connectivity index (χ3v) is 3.25. The molecule has 0 radical (unpaired) electrons. The van der Waals surface area contributed by atoms with Crippen LogP contribution in [0.4, 0.5) is 13.2 Å². The van der Waals surface area contributed by atoms with E-state index in [9.17, 15) is 18.0 Å². The van der Waals surface area contributed by atoms with E-state index in [-0.39, 0.29) is 5.56 Å². The molecule has 0 heterocycles. The van der Waals surface area contributed by atoms with Crippen LogP contribution in [-0.2, 0) is 0 Å². The number of aldehydes is 1. The smallest absolute Gasteiger partial charge is 0.405 e. The quantitative estimate of drug-likeness (QED) is 0.727. The van der Waals surface area contributed by atoms with Crippen molar-refractivity contribution < 1.29 is 22.7 Å². The Hall–Kier alpha value is -2.30. The maximum absolute atomic E-state index is 12.4. The second kappa shape index (κ2) is 6.22. The highest BCUT2D eigenvalue weighted by atomic mass is 19.4. The van der Waals surface area contributed by atoms with Crippen molar-refractivity contribution >= 4 is 6.29 Å². The molecule has 0 saturated carbocycles. The average molecular weight is 308 g/mol. The zero-order valence-electron chi connectivity index (χ0n) is 12.1. The number of benzene rings is 2. The fraction of sp³-hybridized carbons (Fsp3) is 0.235. The number of alkyl halides is 3. The van der Waals surface area contributed by atoms with Crippen LogP contribution in [0.3, 0.4) is 0 Å². The molecule has 0 aliphatic carbocycles. The third kappa shape index (κ3) is 3.87. The van der Waals surface area contributed by atoms with E-state index in [0.29, 0.717) is 17.8 Å². The van der Waals surface area contributed by atoms with E-state index in [4.69, 9.17) is 0 Å². The predicted molar refractivity (Wildman–Crippen MR) is 78.0 cm³/mol. The molecule has 2 nitrogen and oxygen atoms in total. The number of carbonyl (C=O) groups excluding carboxylic acids is 1. The van der Waals surface area contributed by atoms with Gasteiger partial charge in [0.25, 0.3) is 0 Å². The molecule has 0 aromatic heterocycles. The Morgan fingerprint density at radius 1 is 1.05 bits per heavy atom. The van der Waals surface area contributed by atoms with E-state index in [2.05, 4.69) is 4.74 Å². The van der Waals surface area contributed by atoms with Gasteiger partial charge in [-0.15, -0.1) is 13.2 Å². The highest BCUT2D eigenvalue weighted by Gasteiger charge is 2.32. The SMILES string of the molecule is CC(C)c1cccc(-c2ccc(C=O)c(OC(F)(F)F)c2)c1. The zero-order chi connectivity index (χ0) is 16.3. The summed E-state index contributed by atoms with van der Waals surface area (Å²) in [6.07, 6.45) is -4.49. The molecule has 0 amide bonds. The van der Waals surface area contributed by atoms with Crippen LogP contribution in [0.15, 0.2) is 42.5 Å². The molecule has 2 aromatic carbocycles. The lowest BCUT2D eigenvalue weighted by atomic mass is 9.97. The summed E-state index contributed by atoms with van der Waals surface area (Å²) in [4.78, 5) is 10.9. The Bertz CT molecular complexity index is 676. The summed E-state index contributed by atoms with van der Waals surface area (Å²) in [5.74, 6) is -0.185. The number of rotatable bonds is 4. The van der Waals surface area contributed by atoms with E-state index in [0.717, 1.165) is 11.1 Å². The minimum Gasteiger partial charge on any atom is -0.405 e. The Kier molecular flexibility index (Phi) is 4.54. The van der Waals surface area contributed by atoms with Crippen molar-refractivity contribution in [1.82, 2.24) is 0 Å². The summed E-state index contributed by atoms with van der Waals surface area (Å²) < 4.78 is 41.2. The van der Waals surface area contributed by atoms with Gasteiger partial charge in [-0.05, 0) is 34.7 Å². The largest absolute Gasteiger partial charge is 0.573 e. The Labute approximate surface area is 126 Å². The average Bonchev–Trinajstić information content (AvgIpc) is 2.45. The van der Waals surface area contributed by atoms with Gasteiger partial charge in [0, 0.05) is 0 Å². The standard InChI is InChI=1S/C17H15F3O2/c1-11(2)12-4-3-5-13(8-12)14-6-7-15(10-21)16(9-14)22-17(18,19)20/h3-11H,1-2H3. The summed E-state index contributed by atoms with van der Waals surface area (Å²) in [5, 5.41) is 0. The molecule has 0 saturated heterocycles. The number of ether oxygens (including phenoxy) is 1. The van der Waals surface area contributed by atoms with Crippen LogP contribution in [0, 0.1) is 0 Å². The monoisotopic (exact) mass is 308 g/mol. The highest BCUT2D eigenvalue weighted by Crippen LogP contribution is 2.31. The highest BCUT2D eigenvalue weighted by molar-refractivity contribution is 5.82. The number of carbonyl (C=O) groups is 1. The summed E-state index contributed by atoms with van der Waals surface area (Å²) in [6, 6.07) is 11.7. The van der Waals surface area contributed by atoms with Gasteiger partial charge >= 0.3 is 6.36 Å². The molecular formula is C17H15F3O2. The van der Waals surface area contributed by atoms with Gasteiger partial charge in [0.1, 0.15) is 5.75 Å². The Morgan fingerprint density at radius 3 is 2.32 bits per heavy atom. The van der Waals surface area contributed by atoms with Crippen molar-refractivity contribution in [2.24, 2.45) is 0 Å². The van der Waals surface area contributed by atoms with E-state index in [1.54, 1.807) is 12.1 Å². The molecule has 2 aromatic rings. The number of halogens is 3. The molecule has 0 fully saturated rings. The van der Waals surface area contributed by atoms with Crippen LogP contribution < -0.4 is 4.74 Å². The first kappa shape index (κ1) is 16.1. The van der Waals surface area contributed by atoms with E-state index < -0.39 is 12.1 Å². The van der Waals surface area contributed by atoms with E-state index >= 15 is 0 Å².